The molecule has 0 aromatic heterocycles. The third kappa shape index (κ3) is 1.63. The van der Waals surface area contributed by atoms with Crippen LogP contribution in [-0.2, 0) is 0 Å². The number of phenols is 1. The lowest BCUT2D eigenvalue weighted by atomic mass is 10.1. The molecule has 3 N–H and O–H groups in total. The average molecular weight is 206 g/mol. The first-order valence-corrected chi connectivity index (χ1v) is 4.98. The van der Waals surface area contributed by atoms with Gasteiger partial charge < -0.3 is 15.7 Å². The third-order valence-corrected chi connectivity index (χ3v) is 2.72. The van der Waals surface area contributed by atoms with Crippen molar-refractivity contribution in [2.24, 2.45) is 0 Å². The number of likely N-dealkylation sites (tertiary alicyclic amines) is 1. The number of aryl methyl sites for hydroxylation is 1. The average Bonchev–Trinajstić information content (AvgIpc) is 2.10. The van der Waals surface area contributed by atoms with E-state index in [0.29, 0.717) is 11.1 Å². The Morgan fingerprint density at radius 2 is 2.13 bits per heavy atom. The zero-order valence-electron chi connectivity index (χ0n) is 8.66. The van der Waals surface area contributed by atoms with Gasteiger partial charge in [-0.25, -0.2) is 0 Å². The number of nitrogen functional groups attached to an aromatic ring is 1. The Labute approximate surface area is 88.3 Å². The molecule has 4 heteroatoms. The molecular weight excluding hydrogens is 192 g/mol. The van der Waals surface area contributed by atoms with Crippen molar-refractivity contribution in [2.75, 3.05) is 18.8 Å². The summed E-state index contributed by atoms with van der Waals surface area (Å²) in [5, 5.41) is 9.47. The van der Waals surface area contributed by atoms with E-state index in [0.717, 1.165) is 19.5 Å². The molecule has 0 radical (unpaired) electrons. The maximum atomic E-state index is 11.8. The molecule has 0 aliphatic carbocycles. The van der Waals surface area contributed by atoms with Gasteiger partial charge in [-0.3, -0.25) is 4.79 Å². The molecule has 1 aromatic rings. The fourth-order valence-electron chi connectivity index (χ4n) is 1.63. The van der Waals surface area contributed by atoms with Gasteiger partial charge in [0, 0.05) is 18.7 Å². The van der Waals surface area contributed by atoms with Crippen LogP contribution in [0, 0.1) is 6.92 Å². The van der Waals surface area contributed by atoms with E-state index in [1.54, 1.807) is 17.9 Å². The standard InChI is InChI=1S/C11H14N2O2/c1-7-5-8(6-9(12)10(7)14)11(15)13-3-2-4-13/h5-6,14H,2-4,12H2,1H3. The van der Waals surface area contributed by atoms with Gasteiger partial charge in [0.15, 0.2) is 0 Å². The van der Waals surface area contributed by atoms with Crippen LogP contribution in [0.4, 0.5) is 5.69 Å². The number of amides is 1. The van der Waals surface area contributed by atoms with Gasteiger partial charge in [0.25, 0.3) is 5.91 Å². The molecule has 1 fully saturated rings. The number of nitrogens with two attached hydrogens (primary N) is 1. The molecule has 15 heavy (non-hydrogen) atoms. The van der Waals surface area contributed by atoms with Gasteiger partial charge in [-0.05, 0) is 31.0 Å². The Kier molecular flexibility index (Phi) is 2.26. The van der Waals surface area contributed by atoms with E-state index >= 15 is 0 Å². The molecule has 2 rings (SSSR count). The van der Waals surface area contributed by atoms with Crippen LogP contribution in [0.15, 0.2) is 12.1 Å². The maximum absolute atomic E-state index is 11.8. The second-order valence-electron chi connectivity index (χ2n) is 3.88. The van der Waals surface area contributed by atoms with Gasteiger partial charge in [0.05, 0.1) is 5.69 Å². The number of phenolic OH excluding ortho intramolecular Hbond substituents is 1. The summed E-state index contributed by atoms with van der Waals surface area (Å²) in [4.78, 5) is 13.6. The largest absolute Gasteiger partial charge is 0.506 e. The summed E-state index contributed by atoms with van der Waals surface area (Å²) in [6, 6.07) is 3.20. The maximum Gasteiger partial charge on any atom is 0.253 e. The molecule has 0 spiro atoms. The number of aromatic hydroxyl groups is 1. The molecule has 1 heterocycles. The van der Waals surface area contributed by atoms with Crippen molar-refractivity contribution < 1.29 is 9.90 Å². The Bertz CT molecular complexity index is 388. The van der Waals surface area contributed by atoms with Crippen LogP contribution in [0.25, 0.3) is 0 Å². The van der Waals surface area contributed by atoms with Gasteiger partial charge >= 0.3 is 0 Å². The number of carbonyl (C=O) groups excluding carboxylic acids is 1. The number of anilines is 1. The van der Waals surface area contributed by atoms with Crippen molar-refractivity contribution in [1.29, 1.82) is 0 Å². The zero-order valence-corrected chi connectivity index (χ0v) is 8.66. The minimum absolute atomic E-state index is 0.00366. The van der Waals surface area contributed by atoms with Gasteiger partial charge in [0.2, 0.25) is 0 Å². The molecule has 1 aliphatic heterocycles. The minimum atomic E-state index is -0.00366. The molecular formula is C11H14N2O2. The lowest BCUT2D eigenvalue weighted by Crippen LogP contribution is -2.42. The summed E-state index contributed by atoms with van der Waals surface area (Å²) in [5.74, 6) is 0.0613. The van der Waals surface area contributed by atoms with Crippen molar-refractivity contribution in [1.82, 2.24) is 4.90 Å². The van der Waals surface area contributed by atoms with Gasteiger partial charge in [-0.1, -0.05) is 0 Å². The number of benzene rings is 1. The van der Waals surface area contributed by atoms with Crippen molar-refractivity contribution in [3.63, 3.8) is 0 Å². The van der Waals surface area contributed by atoms with Crippen LogP contribution in [0.5, 0.6) is 5.75 Å². The monoisotopic (exact) mass is 206 g/mol. The quantitative estimate of drug-likeness (QED) is 0.534. The van der Waals surface area contributed by atoms with Gasteiger partial charge in [0.1, 0.15) is 5.75 Å². The second-order valence-corrected chi connectivity index (χ2v) is 3.88. The van der Waals surface area contributed by atoms with Crippen LogP contribution >= 0.6 is 0 Å². The zero-order chi connectivity index (χ0) is 11.0. The van der Waals surface area contributed by atoms with Gasteiger partial charge in [-0.2, -0.15) is 0 Å². The highest BCUT2D eigenvalue weighted by Crippen LogP contribution is 2.27. The summed E-state index contributed by atoms with van der Waals surface area (Å²) in [7, 11) is 0. The highest BCUT2D eigenvalue weighted by Gasteiger charge is 2.22. The Balaban J connectivity index is 2.32. The molecule has 1 amide bonds. The van der Waals surface area contributed by atoms with Crippen LogP contribution in [0.2, 0.25) is 0 Å². The van der Waals surface area contributed by atoms with E-state index < -0.39 is 0 Å². The first-order chi connectivity index (χ1) is 7.09. The lowest BCUT2D eigenvalue weighted by Gasteiger charge is -2.31. The normalized spacial score (nSPS) is 14.9. The van der Waals surface area contributed by atoms with Crippen LogP contribution in [0.1, 0.15) is 22.3 Å². The molecule has 0 unspecified atom stereocenters. The fraction of sp³-hybridized carbons (Fsp3) is 0.364. The van der Waals surface area contributed by atoms with Crippen molar-refractivity contribution >= 4 is 11.6 Å². The van der Waals surface area contributed by atoms with Crippen molar-refractivity contribution in [2.45, 2.75) is 13.3 Å². The predicted octanol–water partition coefficient (Wildman–Crippen LogP) is 1.13. The SMILES string of the molecule is Cc1cc(C(=O)N2CCC2)cc(N)c1O. The summed E-state index contributed by atoms with van der Waals surface area (Å²) in [6.07, 6.45) is 1.07. The van der Waals surface area contributed by atoms with E-state index in [4.69, 9.17) is 5.73 Å². The first-order valence-electron chi connectivity index (χ1n) is 4.98. The highest BCUT2D eigenvalue weighted by atomic mass is 16.3. The molecule has 0 bridgehead atoms. The van der Waals surface area contributed by atoms with Crippen LogP contribution in [0.3, 0.4) is 0 Å². The van der Waals surface area contributed by atoms with E-state index in [-0.39, 0.29) is 17.3 Å². The lowest BCUT2D eigenvalue weighted by molar-refractivity contribution is 0.0652. The molecule has 0 atom stereocenters. The van der Waals surface area contributed by atoms with E-state index in [2.05, 4.69) is 0 Å². The second kappa shape index (κ2) is 3.46. The fourth-order valence-corrected chi connectivity index (χ4v) is 1.63. The van der Waals surface area contributed by atoms with Crippen LogP contribution in [-0.4, -0.2) is 29.0 Å². The van der Waals surface area contributed by atoms with Gasteiger partial charge in [-0.15, -0.1) is 0 Å². The van der Waals surface area contributed by atoms with Crippen molar-refractivity contribution in [3.8, 4) is 5.75 Å². The number of rotatable bonds is 1. The Morgan fingerprint density at radius 1 is 1.47 bits per heavy atom. The molecule has 4 nitrogen and oxygen atoms in total. The summed E-state index contributed by atoms with van der Waals surface area (Å²) >= 11 is 0. The number of hydrogen-bond acceptors (Lipinski definition) is 3. The summed E-state index contributed by atoms with van der Waals surface area (Å²) in [5.41, 5.74) is 7.06. The highest BCUT2D eigenvalue weighted by molar-refractivity contribution is 5.96. The molecule has 1 aliphatic rings. The van der Waals surface area contributed by atoms with Crippen molar-refractivity contribution in [3.05, 3.63) is 23.3 Å². The molecule has 80 valence electrons. The summed E-state index contributed by atoms with van der Waals surface area (Å²) < 4.78 is 0. The predicted molar refractivity (Wildman–Crippen MR) is 57.8 cm³/mol. The third-order valence-electron chi connectivity index (χ3n) is 2.72. The minimum Gasteiger partial charge on any atom is -0.506 e. The van der Waals surface area contributed by atoms with Crippen LogP contribution < -0.4 is 5.73 Å². The number of nitrogens with zero attached hydrogens (tertiary/aromatic N) is 1. The molecule has 0 saturated carbocycles. The Morgan fingerprint density at radius 3 is 2.60 bits per heavy atom. The number of carbonyl (C=O) groups is 1. The topological polar surface area (TPSA) is 66.6 Å². The Hall–Kier alpha value is -1.71. The molecule has 1 saturated heterocycles. The summed E-state index contributed by atoms with van der Waals surface area (Å²) in [6.45, 7) is 3.37. The number of hydrogen-bond donors (Lipinski definition) is 2. The first kappa shape index (κ1) is 9.83. The smallest absolute Gasteiger partial charge is 0.253 e. The van der Waals surface area contributed by atoms with E-state index in [9.17, 15) is 9.90 Å². The van der Waals surface area contributed by atoms with E-state index in [1.807, 2.05) is 0 Å². The van der Waals surface area contributed by atoms with E-state index in [1.165, 1.54) is 6.07 Å². The molecule has 1 aromatic carbocycles.